The Morgan fingerprint density at radius 2 is 1.89 bits per heavy atom. The highest BCUT2D eigenvalue weighted by Gasteiger charge is 2.05. The predicted molar refractivity (Wildman–Crippen MR) is 67.7 cm³/mol. The highest BCUT2D eigenvalue weighted by atomic mass is 16.6. The molecule has 0 spiro atoms. The molecule has 0 amide bonds. The molecule has 2 aromatic rings. The van der Waals surface area contributed by atoms with Crippen LogP contribution in [0.1, 0.15) is 11.1 Å². The van der Waals surface area contributed by atoms with Gasteiger partial charge in [0.15, 0.2) is 0 Å². The van der Waals surface area contributed by atoms with E-state index in [1.165, 1.54) is 18.7 Å². The Kier molecular flexibility index (Phi) is 4.04. The molecule has 0 saturated carbocycles. The lowest BCUT2D eigenvalue weighted by atomic mass is 10.2. The molecule has 0 fully saturated rings. The molecule has 0 aliphatic carbocycles. The highest BCUT2D eigenvalue weighted by Crippen LogP contribution is 2.15. The summed E-state index contributed by atoms with van der Waals surface area (Å²) in [6.07, 6.45) is 0. The highest BCUT2D eigenvalue weighted by molar-refractivity contribution is 5.36. The molecule has 0 aliphatic rings. The van der Waals surface area contributed by atoms with E-state index in [0.717, 1.165) is 5.56 Å². The van der Waals surface area contributed by atoms with E-state index in [2.05, 4.69) is 0 Å². The van der Waals surface area contributed by atoms with Gasteiger partial charge in [0.1, 0.15) is 6.61 Å². The van der Waals surface area contributed by atoms with Crippen LogP contribution < -0.4 is 0 Å². The lowest BCUT2D eigenvalue weighted by molar-refractivity contribution is -0.384. The average Bonchev–Trinajstić information content (AvgIpc) is 2.40. The average molecular weight is 242 g/mol. The third-order valence-electron chi connectivity index (χ3n) is 2.39. The van der Waals surface area contributed by atoms with E-state index in [9.17, 15) is 10.1 Å². The summed E-state index contributed by atoms with van der Waals surface area (Å²) in [7, 11) is 0. The van der Waals surface area contributed by atoms with E-state index in [1.807, 2.05) is 30.3 Å². The summed E-state index contributed by atoms with van der Waals surface area (Å²) in [6.45, 7) is 1.98. The molecule has 2 aromatic carbocycles. The Labute approximate surface area is 105 Å². The van der Waals surface area contributed by atoms with Crippen LogP contribution >= 0.6 is 0 Å². The number of benzene rings is 2. The van der Waals surface area contributed by atoms with Gasteiger partial charge in [-0.25, -0.2) is 0 Å². The number of ether oxygens (including phenoxy) is 1. The summed E-state index contributed by atoms with van der Waals surface area (Å²) >= 11 is 0. The number of hydrogen-bond donors (Lipinski definition) is 0. The van der Waals surface area contributed by atoms with E-state index in [0.29, 0.717) is 12.2 Å². The van der Waals surface area contributed by atoms with Crippen LogP contribution in [0.3, 0.4) is 0 Å². The van der Waals surface area contributed by atoms with Crippen molar-refractivity contribution in [1.82, 2.24) is 0 Å². The second-order valence-corrected chi connectivity index (χ2v) is 3.77. The van der Waals surface area contributed by atoms with Gasteiger partial charge in [-0.05, 0) is 11.1 Å². The topological polar surface area (TPSA) is 52.4 Å². The third kappa shape index (κ3) is 3.40. The van der Waals surface area contributed by atoms with Crippen molar-refractivity contribution in [3.05, 3.63) is 82.4 Å². The third-order valence-corrected chi connectivity index (χ3v) is 2.39. The Balaban J connectivity index is 1.90. The van der Waals surface area contributed by atoms with E-state index < -0.39 is 4.92 Å². The maximum absolute atomic E-state index is 10.6. The maximum atomic E-state index is 10.6. The SMILES string of the molecule is O=[N+]([O-])c1cccc([CH]OCc2ccccc2)c1. The van der Waals surface area contributed by atoms with E-state index >= 15 is 0 Å². The van der Waals surface area contributed by atoms with E-state index in [4.69, 9.17) is 4.74 Å². The number of nitro benzene ring substituents is 1. The summed E-state index contributed by atoms with van der Waals surface area (Å²) in [5.74, 6) is 0. The zero-order chi connectivity index (χ0) is 12.8. The normalized spacial score (nSPS) is 10.2. The lowest BCUT2D eigenvalue weighted by Crippen LogP contribution is -1.93. The summed E-state index contributed by atoms with van der Waals surface area (Å²) in [6, 6.07) is 16.1. The van der Waals surface area contributed by atoms with Crippen LogP contribution in [0, 0.1) is 16.7 Å². The lowest BCUT2D eigenvalue weighted by Gasteiger charge is -2.03. The van der Waals surface area contributed by atoms with E-state index in [-0.39, 0.29) is 5.69 Å². The van der Waals surface area contributed by atoms with Gasteiger partial charge in [-0.2, -0.15) is 0 Å². The fourth-order valence-corrected chi connectivity index (χ4v) is 1.52. The van der Waals surface area contributed by atoms with Crippen LogP contribution in [-0.2, 0) is 11.3 Å². The van der Waals surface area contributed by atoms with Crippen LogP contribution in [0.25, 0.3) is 0 Å². The minimum Gasteiger partial charge on any atom is -0.366 e. The van der Waals surface area contributed by atoms with Crippen molar-refractivity contribution in [1.29, 1.82) is 0 Å². The van der Waals surface area contributed by atoms with Gasteiger partial charge in [-0.15, -0.1) is 0 Å². The molecule has 18 heavy (non-hydrogen) atoms. The zero-order valence-electron chi connectivity index (χ0n) is 9.65. The van der Waals surface area contributed by atoms with Crippen molar-refractivity contribution in [2.24, 2.45) is 0 Å². The summed E-state index contributed by atoms with van der Waals surface area (Å²) in [4.78, 5) is 10.2. The molecule has 2 rings (SSSR count). The van der Waals surface area contributed by atoms with Crippen LogP contribution in [0.5, 0.6) is 0 Å². The molecule has 0 heterocycles. The van der Waals surface area contributed by atoms with Gasteiger partial charge in [0, 0.05) is 12.1 Å². The first-order chi connectivity index (χ1) is 8.75. The first kappa shape index (κ1) is 12.3. The molecule has 1 radical (unpaired) electrons. The molecule has 4 nitrogen and oxygen atoms in total. The number of nitrogens with zero attached hydrogens (tertiary/aromatic N) is 1. The van der Waals surface area contributed by atoms with E-state index in [1.54, 1.807) is 12.1 Å². The molecule has 0 unspecified atom stereocenters. The summed E-state index contributed by atoms with van der Waals surface area (Å²) in [5.41, 5.74) is 1.80. The van der Waals surface area contributed by atoms with Gasteiger partial charge in [0.25, 0.3) is 5.69 Å². The number of non-ortho nitro benzene ring substituents is 1. The van der Waals surface area contributed by atoms with Gasteiger partial charge in [0.2, 0.25) is 0 Å². The number of rotatable bonds is 5. The standard InChI is InChI=1S/C14H12NO3/c16-15(17)14-8-4-7-13(9-14)11-18-10-12-5-2-1-3-6-12/h1-9,11H,10H2. The molecular formula is C14H12NO3. The van der Waals surface area contributed by atoms with Crippen LogP contribution in [-0.4, -0.2) is 4.92 Å². The van der Waals surface area contributed by atoms with Crippen molar-refractivity contribution in [2.45, 2.75) is 6.61 Å². The second-order valence-electron chi connectivity index (χ2n) is 3.77. The van der Waals surface area contributed by atoms with Gasteiger partial charge in [-0.1, -0.05) is 42.5 Å². The van der Waals surface area contributed by atoms with Crippen LogP contribution in [0.15, 0.2) is 54.6 Å². The Bertz CT molecular complexity index is 526. The van der Waals surface area contributed by atoms with Gasteiger partial charge in [-0.3, -0.25) is 10.1 Å². The molecule has 0 N–H and O–H groups in total. The smallest absolute Gasteiger partial charge is 0.269 e. The van der Waals surface area contributed by atoms with Gasteiger partial charge >= 0.3 is 0 Å². The molecule has 0 atom stereocenters. The maximum Gasteiger partial charge on any atom is 0.269 e. The van der Waals surface area contributed by atoms with Gasteiger partial charge < -0.3 is 4.74 Å². The van der Waals surface area contributed by atoms with Crippen molar-refractivity contribution in [3.63, 3.8) is 0 Å². The molecule has 0 aliphatic heterocycles. The molecule has 0 saturated heterocycles. The Morgan fingerprint density at radius 3 is 2.61 bits per heavy atom. The second kappa shape index (κ2) is 5.93. The number of hydrogen-bond acceptors (Lipinski definition) is 3. The summed E-state index contributed by atoms with van der Waals surface area (Å²) < 4.78 is 5.39. The van der Waals surface area contributed by atoms with Crippen molar-refractivity contribution in [2.75, 3.05) is 0 Å². The first-order valence-electron chi connectivity index (χ1n) is 5.49. The minimum absolute atomic E-state index is 0.0621. The van der Waals surface area contributed by atoms with Crippen molar-refractivity contribution in [3.8, 4) is 0 Å². The molecule has 0 bridgehead atoms. The Hall–Kier alpha value is -2.20. The summed E-state index contributed by atoms with van der Waals surface area (Å²) in [5, 5.41) is 10.6. The fourth-order valence-electron chi connectivity index (χ4n) is 1.52. The number of nitro groups is 1. The largest absolute Gasteiger partial charge is 0.366 e. The molecular weight excluding hydrogens is 230 g/mol. The minimum atomic E-state index is -0.422. The zero-order valence-corrected chi connectivity index (χ0v) is 9.65. The first-order valence-corrected chi connectivity index (χ1v) is 5.49. The van der Waals surface area contributed by atoms with Crippen LogP contribution in [0.4, 0.5) is 5.69 Å². The molecule has 4 heteroatoms. The quantitative estimate of drug-likeness (QED) is 0.597. The van der Waals surface area contributed by atoms with Gasteiger partial charge in [0.05, 0.1) is 11.5 Å². The van der Waals surface area contributed by atoms with Crippen molar-refractivity contribution >= 4 is 5.69 Å². The molecule has 0 aromatic heterocycles. The fraction of sp³-hybridized carbons (Fsp3) is 0.0714. The van der Waals surface area contributed by atoms with Crippen LogP contribution in [0.2, 0.25) is 0 Å². The predicted octanol–water partition coefficient (Wildman–Crippen LogP) is 3.32. The monoisotopic (exact) mass is 242 g/mol. The molecule has 91 valence electrons. The van der Waals surface area contributed by atoms with Crippen molar-refractivity contribution < 1.29 is 9.66 Å². The Morgan fingerprint density at radius 1 is 1.11 bits per heavy atom.